The zero-order valence-electron chi connectivity index (χ0n) is 9.86. The third kappa shape index (κ3) is 3.05. The van der Waals surface area contributed by atoms with Crippen molar-refractivity contribution >= 4 is 33.6 Å². The summed E-state index contributed by atoms with van der Waals surface area (Å²) in [7, 11) is 0. The molecular weight excluding hydrogens is 298 g/mol. The highest BCUT2D eigenvalue weighted by Gasteiger charge is 2.24. The number of amides is 1. The van der Waals surface area contributed by atoms with Gasteiger partial charge in [-0.1, -0.05) is 19.1 Å². The molecule has 1 aromatic rings. The van der Waals surface area contributed by atoms with E-state index in [9.17, 15) is 4.79 Å². The van der Waals surface area contributed by atoms with Crippen molar-refractivity contribution in [2.75, 3.05) is 18.8 Å². The van der Waals surface area contributed by atoms with E-state index in [1.54, 1.807) is 0 Å². The normalized spacial score (nSPS) is 20.4. The Bertz CT molecular complexity index is 410. The molecule has 1 amide bonds. The molecule has 1 heterocycles. The fraction of sp³-hybridized carbons (Fsp3) is 0.462. The number of carbonyl (C=O) groups is 1. The maximum absolute atomic E-state index is 12.4. The molecule has 2 rings (SSSR count). The standard InChI is InChI=1S/C13H16BrNOS/c1-2-10-9-15(7-8-17-10)13(16)11-5-3-4-6-12(11)14/h3-6,10H,2,7-9H2,1H3. The van der Waals surface area contributed by atoms with Crippen LogP contribution in [0, 0.1) is 0 Å². The summed E-state index contributed by atoms with van der Waals surface area (Å²) in [6.07, 6.45) is 1.13. The molecule has 1 atom stereocenters. The molecule has 1 fully saturated rings. The van der Waals surface area contributed by atoms with Crippen LogP contribution in [-0.4, -0.2) is 34.9 Å². The Morgan fingerprint density at radius 2 is 2.29 bits per heavy atom. The molecule has 17 heavy (non-hydrogen) atoms. The van der Waals surface area contributed by atoms with E-state index in [4.69, 9.17) is 0 Å². The van der Waals surface area contributed by atoms with Crippen LogP contribution >= 0.6 is 27.7 Å². The molecule has 1 aliphatic rings. The van der Waals surface area contributed by atoms with Crippen molar-refractivity contribution in [2.24, 2.45) is 0 Å². The van der Waals surface area contributed by atoms with Gasteiger partial charge in [0.2, 0.25) is 0 Å². The lowest BCUT2D eigenvalue weighted by atomic mass is 10.2. The molecule has 2 nitrogen and oxygen atoms in total. The summed E-state index contributed by atoms with van der Waals surface area (Å²) in [5.74, 6) is 1.20. The summed E-state index contributed by atoms with van der Waals surface area (Å²) in [5.41, 5.74) is 0.772. The zero-order chi connectivity index (χ0) is 12.3. The Hall–Kier alpha value is -0.480. The van der Waals surface area contributed by atoms with E-state index >= 15 is 0 Å². The second kappa shape index (κ2) is 5.91. The van der Waals surface area contributed by atoms with E-state index in [1.807, 2.05) is 40.9 Å². The Kier molecular flexibility index (Phi) is 4.51. The largest absolute Gasteiger partial charge is 0.337 e. The van der Waals surface area contributed by atoms with Crippen LogP contribution in [0.2, 0.25) is 0 Å². The van der Waals surface area contributed by atoms with Gasteiger partial charge in [0.25, 0.3) is 5.91 Å². The topological polar surface area (TPSA) is 20.3 Å². The van der Waals surface area contributed by atoms with Crippen molar-refractivity contribution in [3.8, 4) is 0 Å². The van der Waals surface area contributed by atoms with Crippen molar-refractivity contribution in [2.45, 2.75) is 18.6 Å². The third-order valence-corrected chi connectivity index (χ3v) is 5.05. The van der Waals surface area contributed by atoms with Crippen LogP contribution in [-0.2, 0) is 0 Å². The number of carbonyl (C=O) groups excluding carboxylic acids is 1. The first kappa shape index (κ1) is 13.0. The van der Waals surface area contributed by atoms with E-state index in [-0.39, 0.29) is 5.91 Å². The maximum Gasteiger partial charge on any atom is 0.255 e. The van der Waals surface area contributed by atoms with Crippen LogP contribution in [0.4, 0.5) is 0 Å². The first-order valence-corrected chi connectivity index (χ1v) is 7.72. The average molecular weight is 314 g/mol. The van der Waals surface area contributed by atoms with Crippen LogP contribution < -0.4 is 0 Å². The molecule has 0 N–H and O–H groups in total. The molecule has 92 valence electrons. The highest BCUT2D eigenvalue weighted by Crippen LogP contribution is 2.24. The highest BCUT2D eigenvalue weighted by molar-refractivity contribution is 9.10. The maximum atomic E-state index is 12.4. The molecule has 0 aliphatic carbocycles. The molecule has 4 heteroatoms. The van der Waals surface area contributed by atoms with Crippen LogP contribution in [0.3, 0.4) is 0 Å². The number of hydrogen-bond acceptors (Lipinski definition) is 2. The summed E-state index contributed by atoms with van der Waals surface area (Å²) in [4.78, 5) is 14.3. The number of nitrogens with zero attached hydrogens (tertiary/aromatic N) is 1. The minimum Gasteiger partial charge on any atom is -0.337 e. The minimum absolute atomic E-state index is 0.149. The van der Waals surface area contributed by atoms with Gasteiger partial charge in [0.05, 0.1) is 5.56 Å². The fourth-order valence-electron chi connectivity index (χ4n) is 1.96. The van der Waals surface area contributed by atoms with Crippen LogP contribution in [0.1, 0.15) is 23.7 Å². The van der Waals surface area contributed by atoms with Gasteiger partial charge in [-0.2, -0.15) is 11.8 Å². The monoisotopic (exact) mass is 313 g/mol. The van der Waals surface area contributed by atoms with Crippen LogP contribution in [0.5, 0.6) is 0 Å². The SMILES string of the molecule is CCC1CN(C(=O)c2ccccc2Br)CCS1. The lowest BCUT2D eigenvalue weighted by Crippen LogP contribution is -2.41. The van der Waals surface area contributed by atoms with Crippen molar-refractivity contribution in [1.29, 1.82) is 0 Å². The molecule has 1 unspecified atom stereocenters. The highest BCUT2D eigenvalue weighted by atomic mass is 79.9. The molecule has 0 aromatic heterocycles. The Morgan fingerprint density at radius 1 is 1.53 bits per heavy atom. The summed E-state index contributed by atoms with van der Waals surface area (Å²) < 4.78 is 0.885. The predicted molar refractivity (Wildman–Crippen MR) is 76.6 cm³/mol. The van der Waals surface area contributed by atoms with Gasteiger partial charge < -0.3 is 4.90 Å². The van der Waals surface area contributed by atoms with Crippen LogP contribution in [0.15, 0.2) is 28.7 Å². The number of thioether (sulfide) groups is 1. The van der Waals surface area contributed by atoms with Gasteiger partial charge in [0, 0.05) is 28.6 Å². The number of halogens is 1. The van der Waals surface area contributed by atoms with E-state index in [0.29, 0.717) is 5.25 Å². The molecule has 0 saturated carbocycles. The van der Waals surface area contributed by atoms with Crippen molar-refractivity contribution in [3.05, 3.63) is 34.3 Å². The van der Waals surface area contributed by atoms with Gasteiger partial charge in [0.15, 0.2) is 0 Å². The summed E-state index contributed by atoms with van der Waals surface area (Å²) >= 11 is 5.42. The Balaban J connectivity index is 2.12. The minimum atomic E-state index is 0.149. The van der Waals surface area contributed by atoms with Crippen LogP contribution in [0.25, 0.3) is 0 Å². The average Bonchev–Trinajstić information content (AvgIpc) is 2.38. The molecular formula is C13H16BrNOS. The summed E-state index contributed by atoms with van der Waals surface area (Å²) in [6.45, 7) is 3.92. The van der Waals surface area contributed by atoms with Gasteiger partial charge in [-0.15, -0.1) is 0 Å². The number of rotatable bonds is 2. The molecule has 1 aliphatic heterocycles. The molecule has 0 radical (unpaired) electrons. The van der Waals surface area contributed by atoms with Gasteiger partial charge in [-0.05, 0) is 34.5 Å². The lowest BCUT2D eigenvalue weighted by molar-refractivity contribution is 0.0760. The zero-order valence-corrected chi connectivity index (χ0v) is 12.3. The molecule has 0 bridgehead atoms. The van der Waals surface area contributed by atoms with E-state index < -0.39 is 0 Å². The first-order valence-electron chi connectivity index (χ1n) is 5.87. The number of hydrogen-bond donors (Lipinski definition) is 0. The quantitative estimate of drug-likeness (QED) is 0.834. The van der Waals surface area contributed by atoms with E-state index in [1.165, 1.54) is 0 Å². The van der Waals surface area contributed by atoms with Crippen molar-refractivity contribution in [1.82, 2.24) is 4.90 Å². The summed E-state index contributed by atoms with van der Waals surface area (Å²) in [5, 5.41) is 0.593. The predicted octanol–water partition coefficient (Wildman–Crippen LogP) is 3.42. The van der Waals surface area contributed by atoms with E-state index in [0.717, 1.165) is 35.3 Å². The molecule has 1 aromatic carbocycles. The van der Waals surface area contributed by atoms with Gasteiger partial charge in [-0.25, -0.2) is 0 Å². The smallest absolute Gasteiger partial charge is 0.255 e. The molecule has 1 saturated heterocycles. The van der Waals surface area contributed by atoms with Gasteiger partial charge in [-0.3, -0.25) is 4.79 Å². The lowest BCUT2D eigenvalue weighted by Gasteiger charge is -2.32. The summed E-state index contributed by atoms with van der Waals surface area (Å²) in [6, 6.07) is 7.65. The van der Waals surface area contributed by atoms with Crippen molar-refractivity contribution < 1.29 is 4.79 Å². The fourth-order valence-corrected chi connectivity index (χ4v) is 3.59. The number of benzene rings is 1. The van der Waals surface area contributed by atoms with E-state index in [2.05, 4.69) is 22.9 Å². The second-order valence-electron chi connectivity index (χ2n) is 4.13. The molecule has 0 spiro atoms. The Morgan fingerprint density at radius 3 is 3.00 bits per heavy atom. The first-order chi connectivity index (χ1) is 8.22. The van der Waals surface area contributed by atoms with Gasteiger partial charge >= 0.3 is 0 Å². The Labute approximate surface area is 115 Å². The third-order valence-electron chi connectivity index (χ3n) is 2.99. The van der Waals surface area contributed by atoms with Gasteiger partial charge in [0.1, 0.15) is 0 Å². The second-order valence-corrected chi connectivity index (χ2v) is 6.39. The van der Waals surface area contributed by atoms with Crippen molar-refractivity contribution in [3.63, 3.8) is 0 Å².